The van der Waals surface area contributed by atoms with Gasteiger partial charge in [0.2, 0.25) is 0 Å². The van der Waals surface area contributed by atoms with Crippen molar-refractivity contribution in [1.82, 2.24) is 5.32 Å². The van der Waals surface area contributed by atoms with E-state index in [0.29, 0.717) is 6.61 Å². The number of carbonyl (C=O) groups excluding carboxylic acids is 1. The molecule has 11 heavy (non-hydrogen) atoms. The van der Waals surface area contributed by atoms with Gasteiger partial charge in [0.05, 0.1) is 12.7 Å². The van der Waals surface area contributed by atoms with Crippen LogP contribution in [0.15, 0.2) is 12.3 Å². The van der Waals surface area contributed by atoms with Gasteiger partial charge in [-0.25, -0.2) is 0 Å². The lowest BCUT2D eigenvalue weighted by Crippen LogP contribution is -2.20. The van der Waals surface area contributed by atoms with Crippen molar-refractivity contribution >= 4 is 5.97 Å². The van der Waals surface area contributed by atoms with Crippen molar-refractivity contribution < 1.29 is 9.53 Å². The van der Waals surface area contributed by atoms with Crippen LogP contribution >= 0.6 is 0 Å². The van der Waals surface area contributed by atoms with E-state index in [0.717, 1.165) is 0 Å². The van der Waals surface area contributed by atoms with E-state index in [2.05, 4.69) is 10.1 Å². The molecule has 0 aromatic rings. The minimum Gasteiger partial charge on any atom is -0.465 e. The largest absolute Gasteiger partial charge is 0.465 e. The van der Waals surface area contributed by atoms with Gasteiger partial charge in [0.1, 0.15) is 6.54 Å². The molecular weight excluding hydrogens is 144 g/mol. The van der Waals surface area contributed by atoms with Gasteiger partial charge in [-0.1, -0.05) is 0 Å². The number of allylic oxidation sites excluding steroid dienone is 1. The Morgan fingerprint density at radius 1 is 1.82 bits per heavy atom. The van der Waals surface area contributed by atoms with Crippen molar-refractivity contribution in [2.24, 2.45) is 0 Å². The Labute approximate surface area is 65.5 Å². The molecule has 0 spiro atoms. The summed E-state index contributed by atoms with van der Waals surface area (Å²) in [6.45, 7) is 2.22. The van der Waals surface area contributed by atoms with Gasteiger partial charge in [-0.2, -0.15) is 5.26 Å². The zero-order chi connectivity index (χ0) is 8.53. The number of nitrogens with one attached hydrogen (secondary N) is 1. The van der Waals surface area contributed by atoms with Crippen molar-refractivity contribution in [2.75, 3.05) is 13.2 Å². The molecule has 0 fully saturated rings. The molecule has 0 amide bonds. The first kappa shape index (κ1) is 9.50. The quantitative estimate of drug-likeness (QED) is 0.463. The smallest absolute Gasteiger partial charge is 0.325 e. The van der Waals surface area contributed by atoms with Crippen LogP contribution in [0.1, 0.15) is 6.92 Å². The first-order chi connectivity index (χ1) is 5.31. The average Bonchev–Trinajstić information content (AvgIpc) is 1.99. The van der Waals surface area contributed by atoms with Crippen LogP contribution in [0.25, 0.3) is 0 Å². The Bertz CT molecular complexity index is 181. The number of carbonyl (C=O) groups is 1. The molecule has 0 heterocycles. The monoisotopic (exact) mass is 154 g/mol. The van der Waals surface area contributed by atoms with E-state index < -0.39 is 0 Å². The highest BCUT2D eigenvalue weighted by Gasteiger charge is 1.95. The lowest BCUT2D eigenvalue weighted by molar-refractivity contribution is -0.141. The summed E-state index contributed by atoms with van der Waals surface area (Å²) in [6, 6.07) is 1.78. The molecule has 60 valence electrons. The predicted octanol–water partition coefficient (Wildman–Crippen LogP) is 0.176. The Balaban J connectivity index is 3.33. The van der Waals surface area contributed by atoms with Gasteiger partial charge < -0.3 is 10.1 Å². The maximum Gasteiger partial charge on any atom is 0.325 e. The summed E-state index contributed by atoms with van der Waals surface area (Å²) < 4.78 is 4.60. The highest BCUT2D eigenvalue weighted by molar-refractivity contribution is 5.71. The number of esters is 1. The van der Waals surface area contributed by atoms with Gasteiger partial charge in [-0.15, -0.1) is 0 Å². The average molecular weight is 154 g/mol. The fourth-order valence-corrected chi connectivity index (χ4v) is 0.450. The Morgan fingerprint density at radius 3 is 3.09 bits per heavy atom. The maximum absolute atomic E-state index is 10.6. The summed E-state index contributed by atoms with van der Waals surface area (Å²) in [5.41, 5.74) is 0. The van der Waals surface area contributed by atoms with E-state index in [1.807, 2.05) is 0 Å². The van der Waals surface area contributed by atoms with E-state index in [1.54, 1.807) is 13.0 Å². The van der Waals surface area contributed by atoms with Crippen LogP contribution in [-0.2, 0) is 9.53 Å². The maximum atomic E-state index is 10.6. The lowest BCUT2D eigenvalue weighted by atomic mass is 10.6. The molecule has 0 saturated carbocycles. The van der Waals surface area contributed by atoms with Crippen molar-refractivity contribution in [1.29, 1.82) is 5.26 Å². The Morgan fingerprint density at radius 2 is 2.55 bits per heavy atom. The summed E-state index contributed by atoms with van der Waals surface area (Å²) in [4.78, 5) is 10.6. The van der Waals surface area contributed by atoms with Crippen LogP contribution < -0.4 is 5.32 Å². The molecular formula is C7H10N2O2. The van der Waals surface area contributed by atoms with Crippen LogP contribution in [0.4, 0.5) is 0 Å². The summed E-state index contributed by atoms with van der Waals surface area (Å²) in [5.74, 6) is -0.324. The number of hydrogen-bond acceptors (Lipinski definition) is 4. The minimum atomic E-state index is -0.324. The molecule has 0 aliphatic rings. The van der Waals surface area contributed by atoms with Gasteiger partial charge >= 0.3 is 5.97 Å². The van der Waals surface area contributed by atoms with Gasteiger partial charge in [-0.3, -0.25) is 4.79 Å². The van der Waals surface area contributed by atoms with E-state index in [4.69, 9.17) is 5.26 Å². The topological polar surface area (TPSA) is 62.1 Å². The standard InChI is InChI=1S/C7H10N2O2/c1-2-11-7(10)6-9-5-3-4-8/h3,5,9H,2,6H2,1H3/b5-3-. The van der Waals surface area contributed by atoms with E-state index in [9.17, 15) is 4.79 Å². The SMILES string of the molecule is CCOC(=O)CN/C=C\C#N. The predicted molar refractivity (Wildman–Crippen MR) is 39.4 cm³/mol. The summed E-state index contributed by atoms with van der Waals surface area (Å²) in [7, 11) is 0. The van der Waals surface area contributed by atoms with Gasteiger partial charge in [0.15, 0.2) is 0 Å². The van der Waals surface area contributed by atoms with Crippen molar-refractivity contribution in [2.45, 2.75) is 6.92 Å². The number of ether oxygens (including phenoxy) is 1. The molecule has 1 N–H and O–H groups in total. The summed E-state index contributed by atoms with van der Waals surface area (Å²) in [5, 5.41) is 10.6. The van der Waals surface area contributed by atoms with Crippen molar-refractivity contribution in [3.63, 3.8) is 0 Å². The molecule has 4 nitrogen and oxygen atoms in total. The second-order valence-electron chi connectivity index (χ2n) is 1.65. The van der Waals surface area contributed by atoms with Crippen LogP contribution in [0.3, 0.4) is 0 Å². The number of nitrogens with zero attached hydrogens (tertiary/aromatic N) is 1. The summed E-state index contributed by atoms with van der Waals surface area (Å²) in [6.07, 6.45) is 2.65. The third kappa shape index (κ3) is 6.38. The van der Waals surface area contributed by atoms with Crippen LogP contribution in [-0.4, -0.2) is 19.1 Å². The zero-order valence-corrected chi connectivity index (χ0v) is 6.33. The first-order valence-corrected chi connectivity index (χ1v) is 3.25. The third-order valence-corrected chi connectivity index (χ3v) is 0.827. The minimum absolute atomic E-state index is 0.103. The van der Waals surface area contributed by atoms with E-state index >= 15 is 0 Å². The van der Waals surface area contributed by atoms with Crippen LogP contribution in [0.2, 0.25) is 0 Å². The number of rotatable bonds is 4. The van der Waals surface area contributed by atoms with Gasteiger partial charge in [0, 0.05) is 12.3 Å². The van der Waals surface area contributed by atoms with Crippen LogP contribution in [0.5, 0.6) is 0 Å². The third-order valence-electron chi connectivity index (χ3n) is 0.827. The van der Waals surface area contributed by atoms with Crippen molar-refractivity contribution in [3.05, 3.63) is 12.3 Å². The second-order valence-corrected chi connectivity index (χ2v) is 1.65. The normalized spacial score (nSPS) is 9.09. The fraction of sp³-hybridized carbons (Fsp3) is 0.429. The molecule has 0 unspecified atom stereocenters. The van der Waals surface area contributed by atoms with Gasteiger partial charge in [0.25, 0.3) is 0 Å². The van der Waals surface area contributed by atoms with Crippen molar-refractivity contribution in [3.8, 4) is 6.07 Å². The molecule has 0 atom stereocenters. The molecule has 0 aromatic carbocycles. The van der Waals surface area contributed by atoms with Gasteiger partial charge in [-0.05, 0) is 6.92 Å². The molecule has 0 aliphatic heterocycles. The molecule has 0 aromatic heterocycles. The van der Waals surface area contributed by atoms with E-state index in [1.165, 1.54) is 12.3 Å². The lowest BCUT2D eigenvalue weighted by Gasteiger charge is -1.99. The fourth-order valence-electron chi connectivity index (χ4n) is 0.450. The highest BCUT2D eigenvalue weighted by atomic mass is 16.5. The van der Waals surface area contributed by atoms with E-state index in [-0.39, 0.29) is 12.5 Å². The second kappa shape index (κ2) is 6.62. The number of nitriles is 1. The molecule has 0 saturated heterocycles. The summed E-state index contributed by atoms with van der Waals surface area (Å²) >= 11 is 0. The molecule has 0 bridgehead atoms. The number of hydrogen-bond donors (Lipinski definition) is 1. The molecule has 0 rings (SSSR count). The molecule has 4 heteroatoms. The molecule has 0 aliphatic carbocycles. The zero-order valence-electron chi connectivity index (χ0n) is 6.33. The molecule has 0 radical (unpaired) electrons. The first-order valence-electron chi connectivity index (χ1n) is 3.25. The Hall–Kier alpha value is -1.50. The van der Waals surface area contributed by atoms with Crippen LogP contribution in [0, 0.1) is 11.3 Å². The Kier molecular flexibility index (Phi) is 5.72. The highest BCUT2D eigenvalue weighted by Crippen LogP contribution is 1.74.